The summed E-state index contributed by atoms with van der Waals surface area (Å²) in [4.78, 5) is 2.71. The highest BCUT2D eigenvalue weighted by Gasteiger charge is 2.37. The van der Waals surface area contributed by atoms with E-state index < -0.39 is 0 Å². The summed E-state index contributed by atoms with van der Waals surface area (Å²) in [5.74, 6) is 0.975. The fourth-order valence-corrected chi connectivity index (χ4v) is 2.95. The first-order chi connectivity index (χ1) is 7.63. The maximum absolute atomic E-state index is 3.75. The summed E-state index contributed by atoms with van der Waals surface area (Å²) in [5, 5.41) is 3.75. The van der Waals surface area contributed by atoms with Gasteiger partial charge in [-0.2, -0.15) is 0 Å². The number of hydrogen-bond acceptors (Lipinski definition) is 2. The van der Waals surface area contributed by atoms with Gasteiger partial charge < -0.3 is 5.32 Å². The van der Waals surface area contributed by atoms with Gasteiger partial charge in [0.25, 0.3) is 0 Å². The average molecular weight is 224 g/mol. The molecule has 1 aliphatic heterocycles. The van der Waals surface area contributed by atoms with Crippen molar-refractivity contribution in [1.82, 2.24) is 10.2 Å². The number of nitrogens with one attached hydrogen (secondary N) is 1. The van der Waals surface area contributed by atoms with Gasteiger partial charge in [-0.15, -0.1) is 0 Å². The lowest BCUT2D eigenvalue weighted by Gasteiger charge is -2.35. The maximum atomic E-state index is 3.75. The third-order valence-electron chi connectivity index (χ3n) is 4.34. The summed E-state index contributed by atoms with van der Waals surface area (Å²) < 4.78 is 0. The zero-order valence-electron chi connectivity index (χ0n) is 11.3. The van der Waals surface area contributed by atoms with E-state index in [4.69, 9.17) is 0 Å². The predicted octanol–water partition coefficient (Wildman–Crippen LogP) is 2.64. The summed E-state index contributed by atoms with van der Waals surface area (Å²) in [5.41, 5.74) is 0.445. The molecule has 0 amide bonds. The van der Waals surface area contributed by atoms with Crippen molar-refractivity contribution in [2.24, 2.45) is 5.92 Å². The zero-order valence-corrected chi connectivity index (χ0v) is 11.3. The fourth-order valence-electron chi connectivity index (χ4n) is 2.95. The largest absolute Gasteiger partial charge is 0.312 e. The van der Waals surface area contributed by atoms with Gasteiger partial charge in [0.1, 0.15) is 0 Å². The van der Waals surface area contributed by atoms with Gasteiger partial charge in [0.2, 0.25) is 0 Å². The average Bonchev–Trinajstić information content (AvgIpc) is 3.00. The van der Waals surface area contributed by atoms with Crippen LogP contribution in [0.2, 0.25) is 0 Å². The Morgan fingerprint density at radius 1 is 1.38 bits per heavy atom. The molecular formula is C14H28N2. The van der Waals surface area contributed by atoms with E-state index in [1.165, 1.54) is 51.7 Å². The number of rotatable bonds is 6. The molecule has 2 aliphatic rings. The third kappa shape index (κ3) is 2.98. The second kappa shape index (κ2) is 5.05. The molecule has 1 N–H and O–H groups in total. The lowest BCUT2D eigenvalue weighted by atomic mass is 10.0. The predicted molar refractivity (Wildman–Crippen MR) is 69.7 cm³/mol. The Labute approximate surface area is 101 Å². The van der Waals surface area contributed by atoms with Crippen LogP contribution in [-0.4, -0.2) is 36.1 Å². The topological polar surface area (TPSA) is 15.3 Å². The Hall–Kier alpha value is -0.0800. The summed E-state index contributed by atoms with van der Waals surface area (Å²) in [6.07, 6.45) is 6.92. The second-order valence-electron chi connectivity index (χ2n) is 6.26. The van der Waals surface area contributed by atoms with Gasteiger partial charge in [0, 0.05) is 18.1 Å². The molecule has 1 aliphatic carbocycles. The lowest BCUT2D eigenvalue weighted by molar-refractivity contribution is 0.151. The molecular weight excluding hydrogens is 196 g/mol. The van der Waals surface area contributed by atoms with Crippen LogP contribution in [0.5, 0.6) is 0 Å². The minimum absolute atomic E-state index is 0.445. The van der Waals surface area contributed by atoms with Gasteiger partial charge in [-0.25, -0.2) is 0 Å². The van der Waals surface area contributed by atoms with Gasteiger partial charge in [0.05, 0.1) is 0 Å². The van der Waals surface area contributed by atoms with Crippen molar-refractivity contribution in [3.05, 3.63) is 0 Å². The minimum Gasteiger partial charge on any atom is -0.312 e. The molecule has 0 bridgehead atoms. The zero-order chi connectivity index (χ0) is 11.6. The molecule has 2 rings (SSSR count). The van der Waals surface area contributed by atoms with Crippen LogP contribution in [0, 0.1) is 5.92 Å². The number of nitrogens with zero attached hydrogens (tertiary/aromatic N) is 1. The lowest BCUT2D eigenvalue weighted by Crippen LogP contribution is -2.48. The Bertz CT molecular complexity index is 221. The van der Waals surface area contributed by atoms with E-state index in [0.717, 1.165) is 12.0 Å². The van der Waals surface area contributed by atoms with Crippen molar-refractivity contribution >= 4 is 0 Å². The van der Waals surface area contributed by atoms with E-state index in [1.807, 2.05) is 0 Å². The molecule has 0 aromatic heterocycles. The Morgan fingerprint density at radius 2 is 2.12 bits per heavy atom. The van der Waals surface area contributed by atoms with Crippen LogP contribution in [0.1, 0.15) is 52.9 Å². The van der Waals surface area contributed by atoms with E-state index in [2.05, 4.69) is 31.0 Å². The first-order valence-electron chi connectivity index (χ1n) is 7.12. The van der Waals surface area contributed by atoms with E-state index in [9.17, 15) is 0 Å². The van der Waals surface area contributed by atoms with Gasteiger partial charge in [-0.05, 0) is 65.0 Å². The SMILES string of the molecule is CCCNC(CN1CCCC1(C)C)C1CC1. The quantitative estimate of drug-likeness (QED) is 0.746. The fraction of sp³-hybridized carbons (Fsp3) is 1.00. The second-order valence-corrected chi connectivity index (χ2v) is 6.26. The molecule has 2 fully saturated rings. The molecule has 2 heteroatoms. The summed E-state index contributed by atoms with van der Waals surface area (Å²) in [6.45, 7) is 10.8. The van der Waals surface area contributed by atoms with E-state index >= 15 is 0 Å². The molecule has 0 aromatic carbocycles. The molecule has 2 nitrogen and oxygen atoms in total. The van der Waals surface area contributed by atoms with Gasteiger partial charge in [-0.1, -0.05) is 6.92 Å². The highest BCUT2D eigenvalue weighted by Crippen LogP contribution is 2.35. The number of hydrogen-bond donors (Lipinski definition) is 1. The minimum atomic E-state index is 0.445. The summed E-state index contributed by atoms with van der Waals surface area (Å²) in [7, 11) is 0. The van der Waals surface area contributed by atoms with Crippen LogP contribution in [0.25, 0.3) is 0 Å². The smallest absolute Gasteiger partial charge is 0.0223 e. The standard InChI is InChI=1S/C14H28N2/c1-4-9-15-13(12-6-7-12)11-16-10-5-8-14(16,2)3/h12-13,15H,4-11H2,1-3H3. The molecule has 0 spiro atoms. The first-order valence-corrected chi connectivity index (χ1v) is 7.12. The molecule has 1 saturated carbocycles. The van der Waals surface area contributed by atoms with E-state index in [0.29, 0.717) is 5.54 Å². The van der Waals surface area contributed by atoms with Crippen molar-refractivity contribution in [3.63, 3.8) is 0 Å². The van der Waals surface area contributed by atoms with Crippen LogP contribution in [0.4, 0.5) is 0 Å². The third-order valence-corrected chi connectivity index (χ3v) is 4.34. The van der Waals surface area contributed by atoms with Gasteiger partial charge in [0.15, 0.2) is 0 Å². The van der Waals surface area contributed by atoms with Crippen molar-refractivity contribution < 1.29 is 0 Å². The van der Waals surface area contributed by atoms with Crippen LogP contribution in [0.3, 0.4) is 0 Å². The molecule has 1 heterocycles. The van der Waals surface area contributed by atoms with Crippen molar-refractivity contribution in [1.29, 1.82) is 0 Å². The molecule has 16 heavy (non-hydrogen) atoms. The summed E-state index contributed by atoms with van der Waals surface area (Å²) >= 11 is 0. The molecule has 0 aromatic rings. The van der Waals surface area contributed by atoms with Crippen LogP contribution in [0.15, 0.2) is 0 Å². The Morgan fingerprint density at radius 3 is 2.62 bits per heavy atom. The maximum Gasteiger partial charge on any atom is 0.0223 e. The summed E-state index contributed by atoms with van der Waals surface area (Å²) in [6, 6.07) is 0.761. The van der Waals surface area contributed by atoms with E-state index in [1.54, 1.807) is 0 Å². The highest BCUT2D eigenvalue weighted by molar-refractivity contribution is 4.94. The Kier molecular flexibility index (Phi) is 3.91. The number of likely N-dealkylation sites (tertiary alicyclic amines) is 1. The van der Waals surface area contributed by atoms with Gasteiger partial charge >= 0.3 is 0 Å². The molecule has 1 atom stereocenters. The van der Waals surface area contributed by atoms with E-state index in [-0.39, 0.29) is 0 Å². The normalized spacial score (nSPS) is 27.2. The highest BCUT2D eigenvalue weighted by atomic mass is 15.2. The molecule has 1 saturated heterocycles. The first kappa shape index (κ1) is 12.4. The molecule has 1 unspecified atom stereocenters. The van der Waals surface area contributed by atoms with Crippen LogP contribution >= 0.6 is 0 Å². The Balaban J connectivity index is 1.84. The monoisotopic (exact) mass is 224 g/mol. The molecule has 94 valence electrons. The van der Waals surface area contributed by atoms with Crippen LogP contribution in [-0.2, 0) is 0 Å². The van der Waals surface area contributed by atoms with Crippen molar-refractivity contribution in [2.45, 2.75) is 64.5 Å². The molecule has 0 radical (unpaired) electrons. The van der Waals surface area contributed by atoms with Crippen molar-refractivity contribution in [3.8, 4) is 0 Å². The van der Waals surface area contributed by atoms with Crippen LogP contribution < -0.4 is 5.32 Å². The van der Waals surface area contributed by atoms with Crippen molar-refractivity contribution in [2.75, 3.05) is 19.6 Å². The van der Waals surface area contributed by atoms with Gasteiger partial charge in [-0.3, -0.25) is 4.90 Å².